The molecule has 152 valence electrons. The Bertz CT molecular complexity index is 902. The molecule has 6 heteroatoms. The Morgan fingerprint density at radius 2 is 1.48 bits per heavy atom. The van der Waals surface area contributed by atoms with Gasteiger partial charge in [-0.25, -0.2) is 4.79 Å². The molecule has 6 nitrogen and oxygen atoms in total. The summed E-state index contributed by atoms with van der Waals surface area (Å²) in [5, 5.41) is 0. The highest BCUT2D eigenvalue weighted by atomic mass is 16.5. The van der Waals surface area contributed by atoms with E-state index in [1.165, 1.54) is 19.9 Å². The summed E-state index contributed by atoms with van der Waals surface area (Å²) in [6, 6.07) is 10.7. The summed E-state index contributed by atoms with van der Waals surface area (Å²) in [6.07, 6.45) is 3.58. The van der Waals surface area contributed by atoms with Gasteiger partial charge in [0.1, 0.15) is 11.5 Å². The minimum Gasteiger partial charge on any atom is -0.462 e. The third-order valence-electron chi connectivity index (χ3n) is 3.96. The van der Waals surface area contributed by atoms with Crippen molar-refractivity contribution in [3.8, 4) is 11.5 Å². The lowest BCUT2D eigenvalue weighted by molar-refractivity contribution is -0.137. The molecule has 0 aliphatic heterocycles. The number of hydrogen-bond acceptors (Lipinski definition) is 6. The van der Waals surface area contributed by atoms with Crippen molar-refractivity contribution in [3.05, 3.63) is 64.7 Å². The van der Waals surface area contributed by atoms with Crippen molar-refractivity contribution in [2.45, 2.75) is 34.1 Å². The molecule has 29 heavy (non-hydrogen) atoms. The molecule has 0 aromatic heterocycles. The fourth-order valence-corrected chi connectivity index (χ4v) is 2.76. The molecule has 0 saturated carbocycles. The predicted octanol–water partition coefficient (Wildman–Crippen LogP) is 3.95. The number of aryl methyl sites for hydroxylation is 2. The second-order valence-electron chi connectivity index (χ2n) is 6.57. The van der Waals surface area contributed by atoms with Crippen LogP contribution in [0.4, 0.5) is 0 Å². The Kier molecular flexibility index (Phi) is 7.71. The fourth-order valence-electron chi connectivity index (χ4n) is 2.76. The van der Waals surface area contributed by atoms with Crippen molar-refractivity contribution >= 4 is 24.0 Å². The lowest BCUT2D eigenvalue weighted by Crippen LogP contribution is -2.05. The molecule has 0 aliphatic rings. The molecule has 0 heterocycles. The first kappa shape index (κ1) is 21.9. The number of rotatable bonds is 7. The van der Waals surface area contributed by atoms with Crippen LogP contribution in [0.5, 0.6) is 11.5 Å². The molecule has 0 spiro atoms. The third kappa shape index (κ3) is 7.25. The molecule has 0 saturated heterocycles. The average Bonchev–Trinajstić information content (AvgIpc) is 2.64. The fraction of sp³-hybridized carbons (Fsp3) is 0.261. The number of carbonyl (C=O) groups is 3. The first-order valence-electron chi connectivity index (χ1n) is 9.16. The normalized spacial score (nSPS) is 10.6. The van der Waals surface area contributed by atoms with Crippen molar-refractivity contribution < 1.29 is 28.6 Å². The number of carbonyl (C=O) groups excluding carboxylic acids is 3. The molecule has 0 amide bonds. The van der Waals surface area contributed by atoms with Crippen LogP contribution in [0.15, 0.2) is 42.5 Å². The summed E-state index contributed by atoms with van der Waals surface area (Å²) in [7, 11) is 0. The predicted molar refractivity (Wildman–Crippen MR) is 109 cm³/mol. The van der Waals surface area contributed by atoms with Gasteiger partial charge in [-0.15, -0.1) is 0 Å². The largest absolute Gasteiger partial charge is 0.462 e. The average molecular weight is 396 g/mol. The van der Waals surface area contributed by atoms with Gasteiger partial charge in [-0.3, -0.25) is 9.59 Å². The molecule has 0 atom stereocenters. The maximum absolute atomic E-state index is 11.9. The van der Waals surface area contributed by atoms with E-state index in [0.29, 0.717) is 17.9 Å². The second-order valence-corrected chi connectivity index (χ2v) is 6.57. The van der Waals surface area contributed by atoms with Crippen LogP contribution in [0.2, 0.25) is 0 Å². The summed E-state index contributed by atoms with van der Waals surface area (Å²) in [6.45, 7) is 6.62. The molecule has 2 aromatic rings. The van der Waals surface area contributed by atoms with Crippen molar-refractivity contribution in [2.75, 3.05) is 6.61 Å². The van der Waals surface area contributed by atoms with Crippen LogP contribution in [0.1, 0.15) is 36.1 Å². The van der Waals surface area contributed by atoms with Crippen molar-refractivity contribution in [1.82, 2.24) is 0 Å². The third-order valence-corrected chi connectivity index (χ3v) is 3.96. The minimum absolute atomic E-state index is 0.236. The van der Waals surface area contributed by atoms with E-state index in [9.17, 15) is 14.4 Å². The van der Waals surface area contributed by atoms with Crippen LogP contribution in [0, 0.1) is 13.8 Å². The Morgan fingerprint density at radius 3 is 2.03 bits per heavy atom. The first-order valence-corrected chi connectivity index (χ1v) is 9.16. The lowest BCUT2D eigenvalue weighted by atomic mass is 10.1. The molecule has 0 aliphatic carbocycles. The van der Waals surface area contributed by atoms with Crippen LogP contribution in [-0.2, 0) is 25.5 Å². The van der Waals surface area contributed by atoms with Gasteiger partial charge < -0.3 is 14.2 Å². The minimum atomic E-state index is -0.444. The molecule has 2 aromatic carbocycles. The van der Waals surface area contributed by atoms with E-state index in [1.807, 2.05) is 38.1 Å². The molecule has 2 rings (SSSR count). The quantitative estimate of drug-likeness (QED) is 0.401. The zero-order chi connectivity index (χ0) is 21.4. The number of benzene rings is 2. The monoisotopic (exact) mass is 396 g/mol. The number of esters is 3. The summed E-state index contributed by atoms with van der Waals surface area (Å²) in [5.74, 6) is -0.168. The van der Waals surface area contributed by atoms with Crippen molar-refractivity contribution in [3.63, 3.8) is 0 Å². The Hall–Kier alpha value is -3.41. The van der Waals surface area contributed by atoms with Gasteiger partial charge in [-0.2, -0.15) is 0 Å². The molecule has 0 N–H and O–H groups in total. The van der Waals surface area contributed by atoms with Gasteiger partial charge in [0.2, 0.25) is 0 Å². The molecule has 0 radical (unpaired) electrons. The van der Waals surface area contributed by atoms with Crippen LogP contribution < -0.4 is 9.47 Å². The SMILES string of the molecule is CC(=O)Oc1ccc(CCOC(=O)/C=C/c2cc(C)c(OC(C)=O)c(C)c2)cc1. The van der Waals surface area contributed by atoms with E-state index >= 15 is 0 Å². The van der Waals surface area contributed by atoms with Crippen molar-refractivity contribution in [2.24, 2.45) is 0 Å². The summed E-state index contributed by atoms with van der Waals surface area (Å²) < 4.78 is 15.4. The van der Waals surface area contributed by atoms with E-state index in [1.54, 1.807) is 18.2 Å². The van der Waals surface area contributed by atoms with Gasteiger partial charge in [-0.05, 0) is 66.4 Å². The summed E-state index contributed by atoms with van der Waals surface area (Å²) in [4.78, 5) is 34.0. The highest BCUT2D eigenvalue weighted by molar-refractivity contribution is 5.87. The van der Waals surface area contributed by atoms with E-state index < -0.39 is 5.97 Å². The van der Waals surface area contributed by atoms with Crippen LogP contribution in [0.25, 0.3) is 6.08 Å². The van der Waals surface area contributed by atoms with E-state index in [-0.39, 0.29) is 18.5 Å². The van der Waals surface area contributed by atoms with Gasteiger partial charge in [0.25, 0.3) is 0 Å². The zero-order valence-corrected chi connectivity index (χ0v) is 17.0. The molecular formula is C23H24O6. The number of hydrogen-bond donors (Lipinski definition) is 0. The standard InChI is InChI=1S/C23H24O6/c1-15-13-20(14-16(2)23(15)29-18(4)25)7-10-22(26)27-12-11-19-5-8-21(9-6-19)28-17(3)24/h5-10,13-14H,11-12H2,1-4H3/b10-7+. The Balaban J connectivity index is 1.86. The van der Waals surface area contributed by atoms with E-state index in [2.05, 4.69) is 0 Å². The molecule has 0 bridgehead atoms. The van der Waals surface area contributed by atoms with Crippen LogP contribution in [0.3, 0.4) is 0 Å². The van der Waals surface area contributed by atoms with Gasteiger partial charge in [0, 0.05) is 26.3 Å². The van der Waals surface area contributed by atoms with Gasteiger partial charge >= 0.3 is 17.9 Å². The Labute approximate surface area is 170 Å². The lowest BCUT2D eigenvalue weighted by Gasteiger charge is -2.10. The molecule has 0 fully saturated rings. The van der Waals surface area contributed by atoms with E-state index in [0.717, 1.165) is 22.3 Å². The second kappa shape index (κ2) is 10.2. The first-order chi connectivity index (χ1) is 13.7. The zero-order valence-electron chi connectivity index (χ0n) is 17.0. The molecule has 0 unspecified atom stereocenters. The topological polar surface area (TPSA) is 78.9 Å². The maximum Gasteiger partial charge on any atom is 0.330 e. The summed E-state index contributed by atoms with van der Waals surface area (Å²) >= 11 is 0. The maximum atomic E-state index is 11.9. The smallest absolute Gasteiger partial charge is 0.330 e. The Morgan fingerprint density at radius 1 is 0.897 bits per heavy atom. The van der Waals surface area contributed by atoms with Crippen LogP contribution >= 0.6 is 0 Å². The highest BCUT2D eigenvalue weighted by Gasteiger charge is 2.08. The van der Waals surface area contributed by atoms with Crippen LogP contribution in [-0.4, -0.2) is 24.5 Å². The highest BCUT2D eigenvalue weighted by Crippen LogP contribution is 2.25. The van der Waals surface area contributed by atoms with E-state index in [4.69, 9.17) is 14.2 Å². The van der Waals surface area contributed by atoms with Gasteiger partial charge in [-0.1, -0.05) is 12.1 Å². The van der Waals surface area contributed by atoms with Crippen molar-refractivity contribution in [1.29, 1.82) is 0 Å². The van der Waals surface area contributed by atoms with Gasteiger partial charge in [0.05, 0.1) is 6.61 Å². The van der Waals surface area contributed by atoms with Gasteiger partial charge in [0.15, 0.2) is 0 Å². The number of ether oxygens (including phenoxy) is 3. The summed E-state index contributed by atoms with van der Waals surface area (Å²) in [5.41, 5.74) is 3.40. The molecular weight excluding hydrogens is 372 g/mol.